The number of carbonyl (C=O) groups is 7. The molecule has 3 aliphatic carbocycles. The first-order valence-electron chi connectivity index (χ1n) is 20.9. The van der Waals surface area contributed by atoms with Gasteiger partial charge in [-0.1, -0.05) is 84.4 Å². The second-order valence-corrected chi connectivity index (χ2v) is 17.7. The highest BCUT2D eigenvalue weighted by Crippen LogP contribution is 2.41. The second kappa shape index (κ2) is 17.3. The van der Waals surface area contributed by atoms with E-state index in [0.717, 1.165) is 57.8 Å². The van der Waals surface area contributed by atoms with Crippen LogP contribution in [0.15, 0.2) is 24.3 Å². The van der Waals surface area contributed by atoms with Crippen molar-refractivity contribution in [3.05, 3.63) is 35.5 Å². The molecule has 1 aromatic carbocycles. The SMILES string of the molecule is CCC[C@H](NC(=O)[C@@H]1C[C@@H]2CCCC[C@@H]2N1C(=O)[C@@H](NC(=O)C(NC(=O)c1[nH]c2ccccc2c1C(C)=O)C1CCCCC1)C(C)(C)C)C(=O)C(=O)NC1CC1. The molecule has 1 unspecified atom stereocenters. The van der Waals surface area contributed by atoms with E-state index in [2.05, 4.69) is 26.3 Å². The van der Waals surface area contributed by atoms with E-state index in [4.69, 9.17) is 0 Å². The molecule has 304 valence electrons. The Morgan fingerprint density at radius 1 is 0.857 bits per heavy atom. The number of likely N-dealkylation sites (tertiary alicyclic amines) is 1. The summed E-state index contributed by atoms with van der Waals surface area (Å²) in [6.45, 7) is 8.89. The van der Waals surface area contributed by atoms with Gasteiger partial charge in [-0.05, 0) is 81.6 Å². The number of carbonyl (C=O) groups excluding carboxylic acids is 7. The van der Waals surface area contributed by atoms with Gasteiger partial charge in [-0.25, -0.2) is 0 Å². The van der Waals surface area contributed by atoms with Crippen molar-refractivity contribution in [1.29, 1.82) is 0 Å². The Labute approximate surface area is 329 Å². The number of ketones is 2. The smallest absolute Gasteiger partial charge is 0.289 e. The van der Waals surface area contributed by atoms with E-state index in [1.54, 1.807) is 23.1 Å². The molecule has 4 fully saturated rings. The van der Waals surface area contributed by atoms with Crippen molar-refractivity contribution in [3.8, 4) is 0 Å². The molecule has 3 saturated carbocycles. The first-order valence-corrected chi connectivity index (χ1v) is 20.9. The average Bonchev–Trinajstić information content (AvgIpc) is 3.76. The zero-order valence-corrected chi connectivity index (χ0v) is 33.6. The zero-order chi connectivity index (χ0) is 40.3. The molecule has 6 atom stereocenters. The highest BCUT2D eigenvalue weighted by atomic mass is 16.2. The van der Waals surface area contributed by atoms with Gasteiger partial charge in [0.05, 0.1) is 11.6 Å². The summed E-state index contributed by atoms with van der Waals surface area (Å²) in [5, 5.41) is 12.3. The standard InChI is InChI=1S/C43H60N6O7/c1-6-14-30(36(51)41(55)44-27-21-22-27)46-38(52)32-23-26-17-10-13-20-31(26)49(32)42(56)37(43(3,4)5)48-39(53)34(25-15-8-7-9-16-25)47-40(54)35-33(24(2)50)28-18-11-12-19-29(28)45-35/h11-12,18-19,25-27,30-32,34,37,45H,6-10,13-17,20-23H2,1-5H3,(H,44,55)(H,46,52)(H,47,54)(H,48,53)/t26-,30-,31-,32-,34?,37+/m0/s1. The number of rotatable bonds is 14. The Morgan fingerprint density at radius 3 is 2.20 bits per heavy atom. The summed E-state index contributed by atoms with van der Waals surface area (Å²) in [6, 6.07) is 3.05. The van der Waals surface area contributed by atoms with Crippen LogP contribution in [-0.4, -0.2) is 87.2 Å². The third-order valence-electron chi connectivity index (χ3n) is 12.4. The number of hydrogen-bond acceptors (Lipinski definition) is 7. The third kappa shape index (κ3) is 9.02. The second-order valence-electron chi connectivity index (χ2n) is 17.7. The van der Waals surface area contributed by atoms with Crippen LogP contribution in [-0.2, 0) is 24.0 Å². The number of H-pyrrole nitrogens is 1. The number of aromatic amines is 1. The van der Waals surface area contributed by atoms with Crippen LogP contribution in [0, 0.1) is 17.3 Å². The summed E-state index contributed by atoms with van der Waals surface area (Å²) in [4.78, 5) is 101. The lowest BCUT2D eigenvalue weighted by Crippen LogP contribution is -2.63. The summed E-state index contributed by atoms with van der Waals surface area (Å²) in [5.41, 5.74) is 0.199. The number of hydrogen-bond donors (Lipinski definition) is 5. The van der Waals surface area contributed by atoms with Crippen LogP contribution in [0.1, 0.15) is 145 Å². The highest BCUT2D eigenvalue weighted by molar-refractivity contribution is 6.38. The molecule has 4 aliphatic rings. The summed E-state index contributed by atoms with van der Waals surface area (Å²) in [7, 11) is 0. The molecule has 5 N–H and O–H groups in total. The largest absolute Gasteiger partial charge is 0.350 e. The number of fused-ring (bicyclic) bond motifs is 2. The third-order valence-corrected chi connectivity index (χ3v) is 12.4. The molecule has 5 amide bonds. The Balaban J connectivity index is 1.26. The van der Waals surface area contributed by atoms with Gasteiger partial charge in [-0.15, -0.1) is 0 Å². The monoisotopic (exact) mass is 772 g/mol. The van der Waals surface area contributed by atoms with E-state index in [-0.39, 0.29) is 53.3 Å². The molecule has 56 heavy (non-hydrogen) atoms. The molecular weight excluding hydrogens is 713 g/mol. The molecule has 1 aliphatic heterocycles. The van der Waals surface area contributed by atoms with Crippen molar-refractivity contribution in [2.24, 2.45) is 17.3 Å². The molecule has 2 heterocycles. The van der Waals surface area contributed by atoms with Crippen LogP contribution in [0.5, 0.6) is 0 Å². The van der Waals surface area contributed by atoms with Gasteiger partial charge >= 0.3 is 0 Å². The van der Waals surface area contributed by atoms with Gasteiger partial charge in [0.2, 0.25) is 23.5 Å². The predicted molar refractivity (Wildman–Crippen MR) is 212 cm³/mol. The minimum Gasteiger partial charge on any atom is -0.350 e. The maximum absolute atomic E-state index is 15.0. The fraction of sp³-hybridized carbons (Fsp3) is 0.651. The van der Waals surface area contributed by atoms with Gasteiger partial charge in [0.25, 0.3) is 11.8 Å². The van der Waals surface area contributed by atoms with E-state index in [1.165, 1.54) is 6.92 Å². The highest BCUT2D eigenvalue weighted by Gasteiger charge is 2.51. The number of para-hydroxylation sites is 1. The Bertz CT molecular complexity index is 1840. The minimum absolute atomic E-state index is 0.00214. The fourth-order valence-electron chi connectivity index (χ4n) is 9.27. The van der Waals surface area contributed by atoms with Crippen molar-refractivity contribution in [3.63, 3.8) is 0 Å². The number of amides is 5. The van der Waals surface area contributed by atoms with Crippen LogP contribution in [0.3, 0.4) is 0 Å². The van der Waals surface area contributed by atoms with E-state index in [9.17, 15) is 28.8 Å². The van der Waals surface area contributed by atoms with Crippen molar-refractivity contribution in [2.45, 2.75) is 161 Å². The Kier molecular flexibility index (Phi) is 12.7. The Morgan fingerprint density at radius 2 is 1.54 bits per heavy atom. The maximum atomic E-state index is 15.0. The number of nitrogens with zero attached hydrogens (tertiary/aromatic N) is 1. The lowest BCUT2D eigenvalue weighted by atomic mass is 9.81. The van der Waals surface area contributed by atoms with Crippen LogP contribution in [0.2, 0.25) is 0 Å². The quantitative estimate of drug-likeness (QED) is 0.134. The molecule has 13 nitrogen and oxygen atoms in total. The zero-order valence-electron chi connectivity index (χ0n) is 33.6. The molecule has 0 radical (unpaired) electrons. The first-order chi connectivity index (χ1) is 26.7. The van der Waals surface area contributed by atoms with E-state index in [0.29, 0.717) is 36.6 Å². The first kappa shape index (κ1) is 41.1. The topological polar surface area (TPSA) is 187 Å². The van der Waals surface area contributed by atoms with Crippen LogP contribution in [0.25, 0.3) is 10.9 Å². The number of benzene rings is 1. The number of Topliss-reactive ketones (excluding diaryl/α,β-unsaturated/α-hetero) is 2. The molecule has 13 heteroatoms. The molecule has 1 aromatic heterocycles. The molecule has 1 saturated heterocycles. The molecule has 2 aromatic rings. The number of aromatic nitrogens is 1. The fourth-order valence-corrected chi connectivity index (χ4v) is 9.27. The summed E-state index contributed by atoms with van der Waals surface area (Å²) in [5.74, 6) is -3.67. The van der Waals surface area contributed by atoms with Gasteiger partial charge in [-0.3, -0.25) is 33.6 Å². The minimum atomic E-state index is -1.05. The summed E-state index contributed by atoms with van der Waals surface area (Å²) in [6.07, 6.45) is 10.7. The maximum Gasteiger partial charge on any atom is 0.289 e. The lowest BCUT2D eigenvalue weighted by molar-refractivity contribution is -0.147. The van der Waals surface area contributed by atoms with Gasteiger partial charge in [0.1, 0.15) is 23.8 Å². The van der Waals surface area contributed by atoms with E-state index >= 15 is 4.79 Å². The van der Waals surface area contributed by atoms with Gasteiger partial charge in [0.15, 0.2) is 5.78 Å². The van der Waals surface area contributed by atoms with Crippen molar-refractivity contribution < 1.29 is 33.6 Å². The molecule has 0 spiro atoms. The van der Waals surface area contributed by atoms with Crippen molar-refractivity contribution in [2.75, 3.05) is 0 Å². The summed E-state index contributed by atoms with van der Waals surface area (Å²) >= 11 is 0. The summed E-state index contributed by atoms with van der Waals surface area (Å²) < 4.78 is 0. The molecule has 6 rings (SSSR count). The van der Waals surface area contributed by atoms with Gasteiger partial charge in [-0.2, -0.15) is 0 Å². The molecule has 0 bridgehead atoms. The van der Waals surface area contributed by atoms with Gasteiger partial charge < -0.3 is 31.2 Å². The van der Waals surface area contributed by atoms with Crippen molar-refractivity contribution in [1.82, 2.24) is 31.2 Å². The average molecular weight is 773 g/mol. The Hall–Kier alpha value is -4.55. The van der Waals surface area contributed by atoms with Crippen molar-refractivity contribution >= 4 is 52.0 Å². The normalized spacial score (nSPS) is 23.0. The predicted octanol–water partition coefficient (Wildman–Crippen LogP) is 4.87. The van der Waals surface area contributed by atoms with E-state index in [1.807, 2.05) is 33.8 Å². The van der Waals surface area contributed by atoms with Gasteiger partial charge in [0, 0.05) is 23.0 Å². The number of nitrogens with one attached hydrogen (secondary N) is 5. The van der Waals surface area contributed by atoms with E-state index < -0.39 is 59.0 Å². The lowest BCUT2D eigenvalue weighted by Gasteiger charge is -2.40. The van der Waals surface area contributed by atoms with Crippen LogP contribution < -0.4 is 21.3 Å². The molecular formula is C43H60N6O7. The van der Waals surface area contributed by atoms with Crippen LogP contribution in [0.4, 0.5) is 0 Å². The van der Waals surface area contributed by atoms with Crippen LogP contribution >= 0.6 is 0 Å².